The standard InChI is InChI=1S/C27H27N3O2/c1-5-19-12-23(13-19)32-27(31)22-15-21-14-20(10-11-24(21)29-16-22)18(4)26(28-6-2)25-9-7-8-17(3)30-25/h5-11,14-16,19,23,28H,1-2,12-13H2,3-4H3/b26-18+. The molecule has 5 nitrogen and oxygen atoms in total. The molecule has 0 saturated heterocycles. The number of esters is 1. The van der Waals surface area contributed by atoms with E-state index < -0.39 is 0 Å². The quantitative estimate of drug-likeness (QED) is 0.390. The first-order valence-corrected chi connectivity index (χ1v) is 10.7. The summed E-state index contributed by atoms with van der Waals surface area (Å²) in [6, 6.07) is 13.8. The number of benzene rings is 1. The number of carbonyl (C=O) groups excluding carboxylic acids is 1. The van der Waals surface area contributed by atoms with E-state index in [0.29, 0.717) is 11.5 Å². The Morgan fingerprint density at radius 3 is 2.66 bits per heavy atom. The molecule has 1 aliphatic carbocycles. The molecule has 1 fully saturated rings. The van der Waals surface area contributed by atoms with E-state index in [1.165, 1.54) is 0 Å². The van der Waals surface area contributed by atoms with Crippen LogP contribution < -0.4 is 5.32 Å². The van der Waals surface area contributed by atoms with Crippen LogP contribution in [-0.4, -0.2) is 22.0 Å². The van der Waals surface area contributed by atoms with Crippen LogP contribution >= 0.6 is 0 Å². The number of carbonyl (C=O) groups is 1. The summed E-state index contributed by atoms with van der Waals surface area (Å²) >= 11 is 0. The van der Waals surface area contributed by atoms with Gasteiger partial charge in [0.05, 0.1) is 22.5 Å². The van der Waals surface area contributed by atoms with Crippen LogP contribution in [0.15, 0.2) is 74.1 Å². The predicted molar refractivity (Wildman–Crippen MR) is 129 cm³/mol. The first-order chi connectivity index (χ1) is 15.5. The molecule has 2 heterocycles. The van der Waals surface area contributed by atoms with Gasteiger partial charge >= 0.3 is 5.97 Å². The minimum absolute atomic E-state index is 0.0351. The second-order valence-corrected chi connectivity index (χ2v) is 8.14. The van der Waals surface area contributed by atoms with E-state index in [1.54, 1.807) is 12.4 Å². The number of nitrogens with zero attached hydrogens (tertiary/aromatic N) is 2. The van der Waals surface area contributed by atoms with Crippen LogP contribution in [0.1, 0.15) is 47.1 Å². The Labute approximate surface area is 188 Å². The van der Waals surface area contributed by atoms with E-state index in [9.17, 15) is 4.79 Å². The van der Waals surface area contributed by atoms with Crippen molar-refractivity contribution in [1.82, 2.24) is 15.3 Å². The van der Waals surface area contributed by atoms with Crippen LogP contribution in [0.4, 0.5) is 0 Å². The molecule has 1 aromatic carbocycles. The van der Waals surface area contributed by atoms with Crippen molar-refractivity contribution < 1.29 is 9.53 Å². The molecule has 0 unspecified atom stereocenters. The maximum absolute atomic E-state index is 12.6. The molecule has 1 N–H and O–H groups in total. The molecule has 0 amide bonds. The summed E-state index contributed by atoms with van der Waals surface area (Å²) in [5.74, 6) is 0.115. The van der Waals surface area contributed by atoms with Gasteiger partial charge in [0.2, 0.25) is 0 Å². The van der Waals surface area contributed by atoms with Gasteiger partial charge in [-0.1, -0.05) is 24.8 Å². The number of fused-ring (bicyclic) bond motifs is 1. The van der Waals surface area contributed by atoms with Crippen LogP contribution in [0.3, 0.4) is 0 Å². The maximum Gasteiger partial charge on any atom is 0.339 e. The number of allylic oxidation sites excluding steroid dienone is 2. The van der Waals surface area contributed by atoms with Crippen molar-refractivity contribution in [2.75, 3.05) is 0 Å². The lowest BCUT2D eigenvalue weighted by atomic mass is 9.82. The van der Waals surface area contributed by atoms with Gasteiger partial charge in [0.15, 0.2) is 0 Å². The molecular formula is C27H27N3O2. The largest absolute Gasteiger partial charge is 0.459 e. The normalized spacial score (nSPS) is 18.3. The second kappa shape index (κ2) is 9.18. The monoisotopic (exact) mass is 425 g/mol. The third kappa shape index (κ3) is 4.47. The van der Waals surface area contributed by atoms with Gasteiger partial charge < -0.3 is 10.1 Å². The molecule has 1 saturated carbocycles. The van der Waals surface area contributed by atoms with Crippen molar-refractivity contribution in [3.05, 3.63) is 96.6 Å². The summed E-state index contributed by atoms with van der Waals surface area (Å²) < 4.78 is 5.60. The molecule has 3 aromatic rings. The van der Waals surface area contributed by atoms with E-state index in [-0.39, 0.29) is 12.1 Å². The van der Waals surface area contributed by atoms with E-state index in [1.807, 2.05) is 62.4 Å². The number of aryl methyl sites for hydroxylation is 1. The minimum Gasteiger partial charge on any atom is -0.459 e. The zero-order chi connectivity index (χ0) is 22.7. The molecule has 32 heavy (non-hydrogen) atoms. The fourth-order valence-corrected chi connectivity index (χ4v) is 3.89. The van der Waals surface area contributed by atoms with Gasteiger partial charge in [-0.05, 0) is 80.3 Å². The summed E-state index contributed by atoms with van der Waals surface area (Å²) in [5, 5.41) is 4.11. The van der Waals surface area contributed by atoms with Crippen LogP contribution in [0.2, 0.25) is 0 Å². The molecule has 0 spiro atoms. The smallest absolute Gasteiger partial charge is 0.339 e. The summed E-state index contributed by atoms with van der Waals surface area (Å²) in [4.78, 5) is 21.7. The highest BCUT2D eigenvalue weighted by molar-refractivity contribution is 5.96. The molecule has 0 radical (unpaired) electrons. The predicted octanol–water partition coefficient (Wildman–Crippen LogP) is 5.68. The fourth-order valence-electron chi connectivity index (χ4n) is 3.89. The van der Waals surface area contributed by atoms with Crippen LogP contribution in [0, 0.1) is 12.8 Å². The highest BCUT2D eigenvalue weighted by atomic mass is 16.5. The van der Waals surface area contributed by atoms with Crippen molar-refractivity contribution in [2.45, 2.75) is 32.8 Å². The number of rotatable bonds is 7. The van der Waals surface area contributed by atoms with Gasteiger partial charge in [-0.3, -0.25) is 9.97 Å². The second-order valence-electron chi connectivity index (χ2n) is 8.14. The topological polar surface area (TPSA) is 64.1 Å². The summed E-state index contributed by atoms with van der Waals surface area (Å²) in [5.41, 5.74) is 5.97. The van der Waals surface area contributed by atoms with E-state index in [0.717, 1.165) is 52.0 Å². The zero-order valence-corrected chi connectivity index (χ0v) is 18.5. The molecule has 0 aliphatic heterocycles. The highest BCUT2D eigenvalue weighted by Gasteiger charge is 2.30. The molecule has 4 rings (SSSR count). The van der Waals surface area contributed by atoms with E-state index in [4.69, 9.17) is 4.74 Å². The Morgan fingerprint density at radius 1 is 1.16 bits per heavy atom. The Morgan fingerprint density at radius 2 is 1.94 bits per heavy atom. The van der Waals surface area contributed by atoms with Gasteiger partial charge in [0.25, 0.3) is 0 Å². The van der Waals surface area contributed by atoms with Crippen LogP contribution in [0.25, 0.3) is 22.2 Å². The van der Waals surface area contributed by atoms with Crippen LogP contribution in [-0.2, 0) is 4.74 Å². The summed E-state index contributed by atoms with van der Waals surface area (Å²) in [6.45, 7) is 11.6. The highest BCUT2D eigenvalue weighted by Crippen LogP contribution is 2.31. The first kappa shape index (κ1) is 21.5. The SMILES string of the molecule is C=CN/C(=C(\C)c1ccc2ncc(C(=O)OC3CC(C=C)C3)cc2c1)c1cccc(C)n1. The fraction of sp³-hybridized carbons (Fsp3) is 0.222. The number of nitrogens with one attached hydrogen (secondary N) is 1. The van der Waals surface area contributed by atoms with Gasteiger partial charge in [0, 0.05) is 17.3 Å². The van der Waals surface area contributed by atoms with E-state index >= 15 is 0 Å². The lowest BCUT2D eigenvalue weighted by molar-refractivity contribution is -0.00258. The molecule has 0 atom stereocenters. The van der Waals surface area contributed by atoms with Crippen molar-refractivity contribution in [3.63, 3.8) is 0 Å². The number of pyridine rings is 2. The molecule has 2 aromatic heterocycles. The number of hydrogen-bond acceptors (Lipinski definition) is 5. The van der Waals surface area contributed by atoms with Crippen molar-refractivity contribution >= 4 is 28.1 Å². The Kier molecular flexibility index (Phi) is 6.17. The lowest BCUT2D eigenvalue weighted by Crippen LogP contribution is -2.32. The average molecular weight is 426 g/mol. The number of aromatic nitrogens is 2. The first-order valence-electron chi connectivity index (χ1n) is 10.7. The molecule has 162 valence electrons. The van der Waals surface area contributed by atoms with E-state index in [2.05, 4.69) is 28.4 Å². The third-order valence-electron chi connectivity index (χ3n) is 5.85. The average Bonchev–Trinajstić information content (AvgIpc) is 2.78. The minimum atomic E-state index is -0.331. The van der Waals surface area contributed by atoms with Gasteiger partial charge in [-0.2, -0.15) is 0 Å². The molecular weight excluding hydrogens is 398 g/mol. The molecule has 1 aliphatic rings. The summed E-state index contributed by atoms with van der Waals surface area (Å²) in [7, 11) is 0. The Bertz CT molecular complexity index is 1220. The maximum atomic E-state index is 12.6. The van der Waals surface area contributed by atoms with Gasteiger partial charge in [-0.15, -0.1) is 6.58 Å². The Balaban J connectivity index is 1.65. The molecule has 0 bridgehead atoms. The molecule has 5 heteroatoms. The van der Waals surface area contributed by atoms with Crippen molar-refractivity contribution in [1.29, 1.82) is 0 Å². The number of hydrogen-bond donors (Lipinski definition) is 1. The lowest BCUT2D eigenvalue weighted by Gasteiger charge is -2.32. The third-order valence-corrected chi connectivity index (χ3v) is 5.85. The van der Waals surface area contributed by atoms with Crippen molar-refractivity contribution in [3.8, 4) is 0 Å². The zero-order valence-electron chi connectivity index (χ0n) is 18.5. The van der Waals surface area contributed by atoms with Gasteiger partial charge in [-0.25, -0.2) is 4.79 Å². The number of ether oxygens (including phenoxy) is 1. The van der Waals surface area contributed by atoms with Crippen molar-refractivity contribution in [2.24, 2.45) is 5.92 Å². The Hall–Kier alpha value is -3.73. The summed E-state index contributed by atoms with van der Waals surface area (Å²) in [6.07, 6.45) is 6.80. The van der Waals surface area contributed by atoms with Crippen LogP contribution in [0.5, 0.6) is 0 Å². The van der Waals surface area contributed by atoms with Gasteiger partial charge in [0.1, 0.15) is 6.10 Å².